The number of nitrogens with zero attached hydrogens (tertiary/aromatic N) is 1. The maximum Gasteiger partial charge on any atom is 0.255 e. The van der Waals surface area contributed by atoms with Crippen molar-refractivity contribution in [1.29, 1.82) is 5.26 Å². The molecule has 0 atom stereocenters. The van der Waals surface area contributed by atoms with Gasteiger partial charge in [-0.25, -0.2) is 0 Å². The lowest BCUT2D eigenvalue weighted by Crippen LogP contribution is -2.12. The highest BCUT2D eigenvalue weighted by Crippen LogP contribution is 2.25. The summed E-state index contributed by atoms with van der Waals surface area (Å²) < 4.78 is 0. The molecule has 6 heteroatoms. The van der Waals surface area contributed by atoms with Gasteiger partial charge in [-0.1, -0.05) is 11.6 Å². The molecule has 20 heavy (non-hydrogen) atoms. The van der Waals surface area contributed by atoms with Crippen LogP contribution in [0, 0.1) is 11.3 Å². The van der Waals surface area contributed by atoms with E-state index in [2.05, 4.69) is 5.32 Å². The third-order valence-corrected chi connectivity index (χ3v) is 2.82. The Morgan fingerprint density at radius 3 is 2.35 bits per heavy atom. The molecule has 0 aliphatic rings. The van der Waals surface area contributed by atoms with Crippen molar-refractivity contribution in [3.63, 3.8) is 0 Å². The molecule has 2 aromatic carbocycles. The van der Waals surface area contributed by atoms with Gasteiger partial charge in [0.2, 0.25) is 0 Å². The van der Waals surface area contributed by atoms with Crippen molar-refractivity contribution >= 4 is 23.2 Å². The number of phenolic OH excluding ortho intramolecular Hbond substituents is 2. The van der Waals surface area contributed by atoms with E-state index in [-0.39, 0.29) is 22.1 Å². The summed E-state index contributed by atoms with van der Waals surface area (Å²) in [7, 11) is 0. The number of phenols is 2. The first-order valence-electron chi connectivity index (χ1n) is 5.53. The van der Waals surface area contributed by atoms with Gasteiger partial charge in [0.05, 0.1) is 22.3 Å². The number of nitrogens with one attached hydrogen (secondary N) is 1. The van der Waals surface area contributed by atoms with Gasteiger partial charge in [0.15, 0.2) is 0 Å². The van der Waals surface area contributed by atoms with Crippen molar-refractivity contribution in [2.75, 3.05) is 5.32 Å². The Kier molecular flexibility index (Phi) is 3.78. The molecule has 0 unspecified atom stereocenters. The molecule has 0 aliphatic heterocycles. The topological polar surface area (TPSA) is 93.4 Å². The normalized spacial score (nSPS) is 9.80. The molecule has 0 heterocycles. The summed E-state index contributed by atoms with van der Waals surface area (Å²) in [6, 6.07) is 9.92. The van der Waals surface area contributed by atoms with E-state index in [4.69, 9.17) is 16.9 Å². The molecular weight excluding hydrogens is 280 g/mol. The standard InChI is InChI=1S/C14H9ClN2O3/c15-12-3-8(7-16)1-2-13(12)17-14(20)9-4-10(18)6-11(19)5-9/h1-6,18-19H,(H,17,20). The smallest absolute Gasteiger partial charge is 0.255 e. The quantitative estimate of drug-likeness (QED) is 0.792. The number of rotatable bonds is 2. The lowest BCUT2D eigenvalue weighted by molar-refractivity contribution is 0.102. The van der Waals surface area contributed by atoms with Gasteiger partial charge >= 0.3 is 0 Å². The Morgan fingerprint density at radius 1 is 1.15 bits per heavy atom. The van der Waals surface area contributed by atoms with Crippen molar-refractivity contribution in [3.05, 3.63) is 52.5 Å². The molecule has 2 rings (SSSR count). The second-order valence-electron chi connectivity index (χ2n) is 4.00. The molecule has 1 amide bonds. The fourth-order valence-electron chi connectivity index (χ4n) is 1.61. The van der Waals surface area contributed by atoms with Gasteiger partial charge in [-0.3, -0.25) is 4.79 Å². The Balaban J connectivity index is 2.26. The van der Waals surface area contributed by atoms with Crippen LogP contribution in [0.1, 0.15) is 15.9 Å². The number of anilines is 1. The van der Waals surface area contributed by atoms with Crippen molar-refractivity contribution in [2.45, 2.75) is 0 Å². The summed E-state index contributed by atoms with van der Waals surface area (Å²) in [6.07, 6.45) is 0. The van der Waals surface area contributed by atoms with Crippen LogP contribution in [0.15, 0.2) is 36.4 Å². The van der Waals surface area contributed by atoms with Crippen LogP contribution in [0.2, 0.25) is 5.02 Å². The molecule has 0 saturated carbocycles. The van der Waals surface area contributed by atoms with E-state index >= 15 is 0 Å². The van der Waals surface area contributed by atoms with Crippen LogP contribution < -0.4 is 5.32 Å². The first-order valence-corrected chi connectivity index (χ1v) is 5.91. The largest absolute Gasteiger partial charge is 0.508 e. The van der Waals surface area contributed by atoms with E-state index in [1.165, 1.54) is 30.3 Å². The van der Waals surface area contributed by atoms with Crippen LogP contribution in [0.25, 0.3) is 0 Å². The van der Waals surface area contributed by atoms with Crippen molar-refractivity contribution in [2.24, 2.45) is 0 Å². The number of amides is 1. The number of carbonyl (C=O) groups excluding carboxylic acids is 1. The van der Waals surface area contributed by atoms with Crippen LogP contribution in [0.5, 0.6) is 11.5 Å². The third-order valence-electron chi connectivity index (χ3n) is 2.51. The first kappa shape index (κ1) is 13.7. The molecule has 0 aromatic heterocycles. The lowest BCUT2D eigenvalue weighted by atomic mass is 10.1. The molecule has 0 bridgehead atoms. The maximum absolute atomic E-state index is 12.0. The molecule has 3 N–H and O–H groups in total. The molecule has 5 nitrogen and oxygen atoms in total. The molecule has 0 radical (unpaired) electrons. The highest BCUT2D eigenvalue weighted by atomic mass is 35.5. The SMILES string of the molecule is N#Cc1ccc(NC(=O)c2cc(O)cc(O)c2)c(Cl)c1. The summed E-state index contributed by atoms with van der Waals surface area (Å²) in [4.78, 5) is 12.0. The van der Waals surface area contributed by atoms with Gasteiger partial charge in [0, 0.05) is 11.6 Å². The summed E-state index contributed by atoms with van der Waals surface area (Å²) in [5, 5.41) is 30.1. The van der Waals surface area contributed by atoms with E-state index in [0.29, 0.717) is 11.3 Å². The Labute approximate surface area is 119 Å². The second kappa shape index (κ2) is 5.51. The Bertz CT molecular complexity index is 703. The zero-order valence-corrected chi connectivity index (χ0v) is 10.8. The van der Waals surface area contributed by atoms with Gasteiger partial charge in [0.1, 0.15) is 11.5 Å². The highest BCUT2D eigenvalue weighted by molar-refractivity contribution is 6.34. The minimum Gasteiger partial charge on any atom is -0.508 e. The predicted octanol–water partition coefficient (Wildman–Crippen LogP) is 2.88. The van der Waals surface area contributed by atoms with E-state index in [1.807, 2.05) is 6.07 Å². The number of hydrogen-bond acceptors (Lipinski definition) is 4. The van der Waals surface area contributed by atoms with Crippen LogP contribution >= 0.6 is 11.6 Å². The monoisotopic (exact) mass is 288 g/mol. The molecule has 0 aliphatic carbocycles. The van der Waals surface area contributed by atoms with Crippen LogP contribution in [-0.2, 0) is 0 Å². The second-order valence-corrected chi connectivity index (χ2v) is 4.41. The van der Waals surface area contributed by atoms with Gasteiger partial charge in [-0.15, -0.1) is 0 Å². The Morgan fingerprint density at radius 2 is 1.80 bits per heavy atom. The zero-order chi connectivity index (χ0) is 14.7. The van der Waals surface area contributed by atoms with Crippen LogP contribution in [0.3, 0.4) is 0 Å². The summed E-state index contributed by atoms with van der Waals surface area (Å²) in [5.41, 5.74) is 0.796. The van der Waals surface area contributed by atoms with Crippen molar-refractivity contribution in [3.8, 4) is 17.6 Å². The number of carbonyl (C=O) groups is 1. The maximum atomic E-state index is 12.0. The van der Waals surface area contributed by atoms with Crippen LogP contribution in [0.4, 0.5) is 5.69 Å². The van der Waals surface area contributed by atoms with Gasteiger partial charge in [-0.05, 0) is 30.3 Å². The molecule has 0 saturated heterocycles. The molecule has 2 aromatic rings. The van der Waals surface area contributed by atoms with Crippen molar-refractivity contribution in [1.82, 2.24) is 0 Å². The zero-order valence-electron chi connectivity index (χ0n) is 10.1. The molecule has 0 spiro atoms. The summed E-state index contributed by atoms with van der Waals surface area (Å²) in [6.45, 7) is 0. The van der Waals surface area contributed by atoms with Crippen LogP contribution in [-0.4, -0.2) is 16.1 Å². The first-order chi connectivity index (χ1) is 9.49. The Hall–Kier alpha value is -2.71. The average molecular weight is 289 g/mol. The van der Waals surface area contributed by atoms with Crippen molar-refractivity contribution < 1.29 is 15.0 Å². The summed E-state index contributed by atoms with van der Waals surface area (Å²) in [5.74, 6) is -0.982. The summed E-state index contributed by atoms with van der Waals surface area (Å²) >= 11 is 5.94. The van der Waals surface area contributed by atoms with E-state index in [9.17, 15) is 15.0 Å². The van der Waals surface area contributed by atoms with Gasteiger partial charge < -0.3 is 15.5 Å². The highest BCUT2D eigenvalue weighted by Gasteiger charge is 2.11. The molecular formula is C14H9ClN2O3. The van der Waals surface area contributed by atoms with Gasteiger partial charge in [-0.2, -0.15) is 5.26 Å². The number of nitriles is 1. The van der Waals surface area contributed by atoms with E-state index in [1.54, 1.807) is 0 Å². The number of hydrogen-bond donors (Lipinski definition) is 3. The third kappa shape index (κ3) is 2.99. The fourth-order valence-corrected chi connectivity index (χ4v) is 1.83. The number of benzene rings is 2. The number of halogens is 1. The lowest BCUT2D eigenvalue weighted by Gasteiger charge is -2.08. The van der Waals surface area contributed by atoms with Gasteiger partial charge in [0.25, 0.3) is 5.91 Å². The predicted molar refractivity (Wildman–Crippen MR) is 73.9 cm³/mol. The number of aromatic hydroxyl groups is 2. The van der Waals surface area contributed by atoms with E-state index < -0.39 is 5.91 Å². The minimum atomic E-state index is -0.539. The minimum absolute atomic E-state index is 0.0860. The van der Waals surface area contributed by atoms with E-state index in [0.717, 1.165) is 6.07 Å². The fraction of sp³-hybridized carbons (Fsp3) is 0. The molecule has 100 valence electrons. The average Bonchev–Trinajstić information content (AvgIpc) is 2.39. The molecule has 0 fully saturated rings.